The third-order valence-electron chi connectivity index (χ3n) is 2.61. The first-order chi connectivity index (χ1) is 10.7. The first-order valence-electron chi connectivity index (χ1n) is 6.53. The van der Waals surface area contributed by atoms with Gasteiger partial charge in [-0.3, -0.25) is 9.59 Å². The van der Waals surface area contributed by atoms with Gasteiger partial charge in [-0.2, -0.15) is 13.2 Å². The van der Waals surface area contributed by atoms with E-state index in [9.17, 15) is 27.6 Å². The molecular weight excluding hydrogens is 319 g/mol. The average Bonchev–Trinajstić information content (AvgIpc) is 2.44. The Kier molecular flexibility index (Phi) is 6.55. The highest BCUT2D eigenvalue weighted by Crippen LogP contribution is 2.16. The summed E-state index contributed by atoms with van der Waals surface area (Å²) in [7, 11) is 0. The van der Waals surface area contributed by atoms with Gasteiger partial charge in [0.2, 0.25) is 5.91 Å². The Morgan fingerprint density at radius 3 is 2.39 bits per heavy atom. The molecule has 0 saturated heterocycles. The predicted octanol–water partition coefficient (Wildman–Crippen LogP) is 2.60. The summed E-state index contributed by atoms with van der Waals surface area (Å²) in [5.41, 5.74) is 0.00934. The highest BCUT2D eigenvalue weighted by molar-refractivity contribution is 6.00. The predicted molar refractivity (Wildman–Crippen MR) is 72.9 cm³/mol. The molecule has 1 aromatic carbocycles. The molecule has 0 unspecified atom stereocenters. The number of esters is 1. The molecule has 0 aliphatic rings. The number of nitrogens with one attached hydrogen (secondary N) is 1. The van der Waals surface area contributed by atoms with Crippen molar-refractivity contribution in [1.82, 2.24) is 0 Å². The molecule has 0 spiro atoms. The number of carbonyl (C=O) groups excluding carboxylic acids is 2. The molecule has 1 rings (SSSR count). The summed E-state index contributed by atoms with van der Waals surface area (Å²) in [4.78, 5) is 33.6. The Morgan fingerprint density at radius 2 is 1.78 bits per heavy atom. The number of hydrogen-bond donors (Lipinski definition) is 2. The molecule has 2 N–H and O–H groups in total. The van der Waals surface area contributed by atoms with Crippen molar-refractivity contribution in [2.45, 2.75) is 25.4 Å². The van der Waals surface area contributed by atoms with Crippen LogP contribution in [0, 0.1) is 0 Å². The van der Waals surface area contributed by atoms with Crippen LogP contribution in [0.2, 0.25) is 0 Å². The van der Waals surface area contributed by atoms with Crippen molar-refractivity contribution in [3.63, 3.8) is 0 Å². The maximum absolute atomic E-state index is 11.8. The number of ether oxygens (including phenoxy) is 1. The molecule has 6 nitrogen and oxygen atoms in total. The molecule has 0 heterocycles. The second kappa shape index (κ2) is 8.16. The quantitative estimate of drug-likeness (QED) is 0.748. The summed E-state index contributed by atoms with van der Waals surface area (Å²) < 4.78 is 39.5. The van der Waals surface area contributed by atoms with E-state index < -0.39 is 30.6 Å². The van der Waals surface area contributed by atoms with Gasteiger partial charge in [0.15, 0.2) is 6.61 Å². The number of para-hydroxylation sites is 1. The van der Waals surface area contributed by atoms with E-state index in [1.807, 2.05) is 0 Å². The third-order valence-corrected chi connectivity index (χ3v) is 2.61. The fraction of sp³-hybridized carbons (Fsp3) is 0.357. The lowest BCUT2D eigenvalue weighted by molar-refractivity contribution is -0.186. The minimum atomic E-state index is -4.59. The lowest BCUT2D eigenvalue weighted by Gasteiger charge is -2.09. The van der Waals surface area contributed by atoms with Crippen LogP contribution in [0.15, 0.2) is 24.3 Å². The molecule has 1 aromatic rings. The molecule has 0 fully saturated rings. The molecule has 126 valence electrons. The van der Waals surface area contributed by atoms with Gasteiger partial charge in [-0.1, -0.05) is 12.1 Å². The van der Waals surface area contributed by atoms with E-state index in [4.69, 9.17) is 5.11 Å². The lowest BCUT2D eigenvalue weighted by atomic mass is 10.1. The average molecular weight is 333 g/mol. The molecule has 0 saturated carbocycles. The topological polar surface area (TPSA) is 92.7 Å². The minimum absolute atomic E-state index is 0.0161. The SMILES string of the molecule is O=C(CCCC(=O)OCC(F)(F)F)Nc1ccccc1C(=O)O. The minimum Gasteiger partial charge on any atom is -0.478 e. The Hall–Kier alpha value is -2.58. The number of carbonyl (C=O) groups is 3. The van der Waals surface area contributed by atoms with E-state index >= 15 is 0 Å². The van der Waals surface area contributed by atoms with Crippen LogP contribution in [0.25, 0.3) is 0 Å². The van der Waals surface area contributed by atoms with Crippen LogP contribution in [0.1, 0.15) is 29.6 Å². The monoisotopic (exact) mass is 333 g/mol. The fourth-order valence-corrected chi connectivity index (χ4v) is 1.62. The van der Waals surface area contributed by atoms with Crippen LogP contribution < -0.4 is 5.32 Å². The number of aromatic carboxylic acids is 1. The highest BCUT2D eigenvalue weighted by Gasteiger charge is 2.29. The van der Waals surface area contributed by atoms with Crippen molar-refractivity contribution in [2.24, 2.45) is 0 Å². The fourth-order valence-electron chi connectivity index (χ4n) is 1.62. The molecule has 0 atom stereocenters. The van der Waals surface area contributed by atoms with Gasteiger partial charge in [0.25, 0.3) is 0 Å². The second-order valence-electron chi connectivity index (χ2n) is 4.53. The maximum atomic E-state index is 11.8. The van der Waals surface area contributed by atoms with Gasteiger partial charge < -0.3 is 15.2 Å². The summed E-state index contributed by atoms with van der Waals surface area (Å²) in [5.74, 6) is -2.82. The van der Waals surface area contributed by atoms with Crippen molar-refractivity contribution in [3.05, 3.63) is 29.8 Å². The molecule has 0 radical (unpaired) electrons. The van der Waals surface area contributed by atoms with Crippen molar-refractivity contribution >= 4 is 23.5 Å². The highest BCUT2D eigenvalue weighted by atomic mass is 19.4. The summed E-state index contributed by atoms with van der Waals surface area (Å²) in [6.07, 6.45) is -5.11. The van der Waals surface area contributed by atoms with E-state index in [1.165, 1.54) is 24.3 Å². The molecule has 0 bridgehead atoms. The molecule has 23 heavy (non-hydrogen) atoms. The zero-order chi connectivity index (χ0) is 17.5. The smallest absolute Gasteiger partial charge is 0.422 e. The van der Waals surface area contributed by atoms with E-state index in [0.717, 1.165) is 0 Å². The first-order valence-corrected chi connectivity index (χ1v) is 6.53. The summed E-state index contributed by atoms with van der Waals surface area (Å²) in [6.45, 7) is -1.66. The van der Waals surface area contributed by atoms with Crippen molar-refractivity contribution in [1.29, 1.82) is 0 Å². The number of amides is 1. The van der Waals surface area contributed by atoms with Gasteiger partial charge in [0, 0.05) is 12.8 Å². The number of anilines is 1. The number of benzene rings is 1. The Bertz CT molecular complexity index is 586. The van der Waals surface area contributed by atoms with Crippen LogP contribution >= 0.6 is 0 Å². The molecule has 9 heteroatoms. The maximum Gasteiger partial charge on any atom is 0.422 e. The Morgan fingerprint density at radius 1 is 1.13 bits per heavy atom. The number of rotatable bonds is 7. The molecule has 0 aliphatic carbocycles. The van der Waals surface area contributed by atoms with Crippen molar-refractivity contribution in [2.75, 3.05) is 11.9 Å². The van der Waals surface area contributed by atoms with Crippen molar-refractivity contribution in [3.8, 4) is 0 Å². The third kappa shape index (κ3) is 7.30. The van der Waals surface area contributed by atoms with Gasteiger partial charge in [-0.15, -0.1) is 0 Å². The molecule has 1 amide bonds. The molecular formula is C14H14F3NO5. The van der Waals surface area contributed by atoms with Crippen LogP contribution in [0.5, 0.6) is 0 Å². The number of carboxylic acid groups (broad SMARTS) is 1. The zero-order valence-corrected chi connectivity index (χ0v) is 11.9. The van der Waals surface area contributed by atoms with E-state index in [0.29, 0.717) is 0 Å². The van der Waals surface area contributed by atoms with E-state index in [1.54, 1.807) is 0 Å². The van der Waals surface area contributed by atoms with Crippen LogP contribution in [0.4, 0.5) is 18.9 Å². The molecule has 0 aliphatic heterocycles. The number of halogens is 3. The van der Waals surface area contributed by atoms with Crippen molar-refractivity contribution < 1.29 is 37.4 Å². The van der Waals surface area contributed by atoms with Crippen LogP contribution in [-0.4, -0.2) is 35.7 Å². The summed E-state index contributed by atoms with van der Waals surface area (Å²) in [5, 5.41) is 11.3. The van der Waals surface area contributed by atoms with E-state index in [2.05, 4.69) is 10.1 Å². The summed E-state index contributed by atoms with van der Waals surface area (Å²) >= 11 is 0. The first kappa shape index (κ1) is 18.5. The number of alkyl halides is 3. The van der Waals surface area contributed by atoms with E-state index in [-0.39, 0.29) is 30.5 Å². The normalized spacial score (nSPS) is 10.9. The number of carboxylic acids is 1. The largest absolute Gasteiger partial charge is 0.478 e. The van der Waals surface area contributed by atoms with Gasteiger partial charge in [0.05, 0.1) is 11.3 Å². The zero-order valence-electron chi connectivity index (χ0n) is 11.9. The van der Waals surface area contributed by atoms with Gasteiger partial charge in [-0.25, -0.2) is 4.79 Å². The van der Waals surface area contributed by atoms with Gasteiger partial charge >= 0.3 is 18.1 Å². The molecule has 0 aromatic heterocycles. The van der Waals surface area contributed by atoms with Gasteiger partial charge in [0.1, 0.15) is 0 Å². The standard InChI is InChI=1S/C14H14F3NO5/c15-14(16,17)8-23-12(20)7-3-6-11(19)18-10-5-2-1-4-9(10)13(21)22/h1-2,4-5H,3,6-8H2,(H,18,19)(H,21,22). The number of hydrogen-bond acceptors (Lipinski definition) is 4. The Labute approximate surface area is 129 Å². The van der Waals surface area contributed by atoms with Crippen LogP contribution in [-0.2, 0) is 14.3 Å². The Balaban J connectivity index is 2.38. The van der Waals surface area contributed by atoms with Crippen LogP contribution in [0.3, 0.4) is 0 Å². The second-order valence-corrected chi connectivity index (χ2v) is 4.53. The lowest BCUT2D eigenvalue weighted by Crippen LogP contribution is -2.20. The summed E-state index contributed by atoms with van der Waals surface area (Å²) in [6, 6.07) is 5.75. The van der Waals surface area contributed by atoms with Gasteiger partial charge in [-0.05, 0) is 18.6 Å².